The number of carbonyl (C=O) groups is 1. The van der Waals surface area contributed by atoms with Crippen molar-refractivity contribution in [2.45, 2.75) is 57.1 Å². The molecule has 7 nitrogen and oxygen atoms in total. The molecule has 0 bridgehead atoms. The Morgan fingerprint density at radius 3 is 3.05 bits per heavy atom. The van der Waals surface area contributed by atoms with Gasteiger partial charge in [-0.2, -0.15) is 5.21 Å². The summed E-state index contributed by atoms with van der Waals surface area (Å²) in [6.45, 7) is 1.64. The molecule has 2 aliphatic rings. The average Bonchev–Trinajstić information content (AvgIpc) is 3.13. The smallest absolute Gasteiger partial charge is 0.225 e. The lowest BCUT2D eigenvalue weighted by Gasteiger charge is -2.35. The van der Waals surface area contributed by atoms with Crippen LogP contribution in [0.3, 0.4) is 0 Å². The fourth-order valence-electron chi connectivity index (χ4n) is 3.14. The second-order valence-electron chi connectivity index (χ2n) is 5.61. The lowest BCUT2D eigenvalue weighted by Crippen LogP contribution is -2.45. The van der Waals surface area contributed by atoms with Crippen LogP contribution in [0.2, 0.25) is 0 Å². The van der Waals surface area contributed by atoms with Crippen LogP contribution in [0, 0.1) is 0 Å². The van der Waals surface area contributed by atoms with Crippen LogP contribution in [-0.4, -0.2) is 56.7 Å². The normalized spacial score (nSPS) is 26.9. The van der Waals surface area contributed by atoms with Crippen molar-refractivity contribution in [3.8, 4) is 0 Å². The Balaban J connectivity index is 1.60. The van der Waals surface area contributed by atoms with E-state index in [1.807, 2.05) is 4.90 Å². The topological polar surface area (TPSA) is 84.0 Å². The molecule has 3 heterocycles. The van der Waals surface area contributed by atoms with Gasteiger partial charge in [0.05, 0.1) is 12.5 Å². The van der Waals surface area contributed by atoms with Gasteiger partial charge in [-0.15, -0.1) is 10.2 Å². The lowest BCUT2D eigenvalue weighted by atomic mass is 9.98. The third kappa shape index (κ3) is 3.15. The summed E-state index contributed by atoms with van der Waals surface area (Å²) in [4.78, 5) is 14.5. The zero-order chi connectivity index (χ0) is 13.8. The van der Waals surface area contributed by atoms with Crippen LogP contribution in [0.1, 0.15) is 44.3 Å². The van der Waals surface area contributed by atoms with Gasteiger partial charge in [0.15, 0.2) is 5.82 Å². The van der Waals surface area contributed by atoms with Gasteiger partial charge in [0, 0.05) is 25.6 Å². The number of ether oxygens (including phenoxy) is 1. The number of hydrogen-bond donors (Lipinski definition) is 1. The number of H-pyrrole nitrogens is 1. The van der Waals surface area contributed by atoms with Crippen molar-refractivity contribution < 1.29 is 9.53 Å². The summed E-state index contributed by atoms with van der Waals surface area (Å²) < 4.78 is 5.57. The SMILES string of the molecule is O=C(CC1CCCO1)N1CCCCC1Cc1nn[nH]n1. The number of nitrogens with one attached hydrogen (secondary N) is 1. The molecule has 0 radical (unpaired) electrons. The molecule has 20 heavy (non-hydrogen) atoms. The molecule has 7 heteroatoms. The molecule has 0 spiro atoms. The molecule has 0 saturated carbocycles. The van der Waals surface area contributed by atoms with Crippen molar-refractivity contribution in [2.75, 3.05) is 13.2 Å². The Morgan fingerprint density at radius 2 is 2.30 bits per heavy atom. The molecule has 110 valence electrons. The molecule has 0 aromatic carbocycles. The molecule has 1 N–H and O–H groups in total. The first-order valence-electron chi connectivity index (χ1n) is 7.46. The lowest BCUT2D eigenvalue weighted by molar-refractivity contribution is -0.137. The van der Waals surface area contributed by atoms with E-state index in [1.165, 1.54) is 0 Å². The highest BCUT2D eigenvalue weighted by Gasteiger charge is 2.30. The molecule has 2 atom stereocenters. The van der Waals surface area contributed by atoms with Gasteiger partial charge in [0.2, 0.25) is 5.91 Å². The molecule has 2 unspecified atom stereocenters. The van der Waals surface area contributed by atoms with Gasteiger partial charge in [-0.05, 0) is 32.1 Å². The van der Waals surface area contributed by atoms with E-state index in [9.17, 15) is 4.79 Å². The Hall–Kier alpha value is -1.50. The minimum absolute atomic E-state index is 0.121. The van der Waals surface area contributed by atoms with Crippen LogP contribution < -0.4 is 0 Å². The van der Waals surface area contributed by atoms with Crippen molar-refractivity contribution in [2.24, 2.45) is 0 Å². The highest BCUT2D eigenvalue weighted by molar-refractivity contribution is 5.77. The fraction of sp³-hybridized carbons (Fsp3) is 0.846. The second kappa shape index (κ2) is 6.30. The monoisotopic (exact) mass is 279 g/mol. The van der Waals surface area contributed by atoms with Gasteiger partial charge in [-0.1, -0.05) is 5.21 Å². The highest BCUT2D eigenvalue weighted by Crippen LogP contribution is 2.23. The van der Waals surface area contributed by atoms with E-state index in [0.717, 1.165) is 45.3 Å². The quantitative estimate of drug-likeness (QED) is 0.876. The Kier molecular flexibility index (Phi) is 4.25. The number of likely N-dealkylation sites (tertiary alicyclic amines) is 1. The van der Waals surface area contributed by atoms with Crippen LogP contribution >= 0.6 is 0 Å². The van der Waals surface area contributed by atoms with Crippen LogP contribution in [0.25, 0.3) is 0 Å². The number of hydrogen-bond acceptors (Lipinski definition) is 5. The average molecular weight is 279 g/mol. The summed E-state index contributed by atoms with van der Waals surface area (Å²) >= 11 is 0. The number of nitrogens with zero attached hydrogens (tertiary/aromatic N) is 4. The van der Waals surface area contributed by atoms with E-state index in [0.29, 0.717) is 18.7 Å². The summed E-state index contributed by atoms with van der Waals surface area (Å²) in [6, 6.07) is 0.204. The summed E-state index contributed by atoms with van der Waals surface area (Å²) in [5.74, 6) is 0.900. The van der Waals surface area contributed by atoms with Crippen molar-refractivity contribution in [3.05, 3.63) is 5.82 Å². The molecule has 3 rings (SSSR count). The largest absolute Gasteiger partial charge is 0.378 e. The standard InChI is InChI=1S/C13H21N5O2/c19-13(9-11-5-3-7-20-11)18-6-2-1-4-10(18)8-12-14-16-17-15-12/h10-11H,1-9H2,(H,14,15,16,17). The summed E-state index contributed by atoms with van der Waals surface area (Å²) in [6.07, 6.45) is 6.67. The van der Waals surface area contributed by atoms with Crippen LogP contribution in [0.15, 0.2) is 0 Å². The number of aromatic nitrogens is 4. The molecule has 1 amide bonds. The van der Waals surface area contributed by atoms with E-state index in [4.69, 9.17) is 4.74 Å². The highest BCUT2D eigenvalue weighted by atomic mass is 16.5. The molecule has 0 aliphatic carbocycles. The molecule has 1 aromatic heterocycles. The molecule has 2 saturated heterocycles. The van der Waals surface area contributed by atoms with Gasteiger partial charge < -0.3 is 9.64 Å². The fourth-order valence-corrected chi connectivity index (χ4v) is 3.14. The van der Waals surface area contributed by atoms with Crippen molar-refractivity contribution >= 4 is 5.91 Å². The second-order valence-corrected chi connectivity index (χ2v) is 5.61. The van der Waals surface area contributed by atoms with Crippen LogP contribution in [-0.2, 0) is 16.0 Å². The van der Waals surface area contributed by atoms with Crippen LogP contribution in [0.4, 0.5) is 0 Å². The van der Waals surface area contributed by atoms with E-state index >= 15 is 0 Å². The first-order chi connectivity index (χ1) is 9.83. The van der Waals surface area contributed by atoms with Crippen molar-refractivity contribution in [1.82, 2.24) is 25.5 Å². The zero-order valence-corrected chi connectivity index (χ0v) is 11.6. The van der Waals surface area contributed by atoms with E-state index in [2.05, 4.69) is 20.6 Å². The molecular weight excluding hydrogens is 258 g/mol. The number of tetrazole rings is 1. The maximum atomic E-state index is 12.5. The Morgan fingerprint density at radius 1 is 1.35 bits per heavy atom. The van der Waals surface area contributed by atoms with Gasteiger partial charge in [-0.3, -0.25) is 4.79 Å². The predicted molar refractivity (Wildman–Crippen MR) is 70.8 cm³/mol. The first kappa shape index (κ1) is 13.5. The van der Waals surface area contributed by atoms with Crippen molar-refractivity contribution in [1.29, 1.82) is 0 Å². The summed E-state index contributed by atoms with van der Waals surface area (Å²) in [7, 11) is 0. The van der Waals surface area contributed by atoms with Gasteiger partial charge in [0.25, 0.3) is 0 Å². The number of carbonyl (C=O) groups excluding carboxylic acids is 1. The Bertz CT molecular complexity index is 430. The third-order valence-electron chi connectivity index (χ3n) is 4.18. The number of rotatable bonds is 4. The Labute approximate surface area is 118 Å². The van der Waals surface area contributed by atoms with E-state index in [1.54, 1.807) is 0 Å². The molecular formula is C13H21N5O2. The first-order valence-corrected chi connectivity index (χ1v) is 7.46. The summed E-state index contributed by atoms with van der Waals surface area (Å²) in [5.41, 5.74) is 0. The third-order valence-corrected chi connectivity index (χ3v) is 4.18. The number of amides is 1. The maximum Gasteiger partial charge on any atom is 0.225 e. The number of piperidine rings is 1. The summed E-state index contributed by atoms with van der Waals surface area (Å²) in [5, 5.41) is 14.0. The van der Waals surface area contributed by atoms with E-state index < -0.39 is 0 Å². The molecule has 2 aliphatic heterocycles. The molecule has 2 fully saturated rings. The minimum atomic E-state index is 0.121. The maximum absolute atomic E-state index is 12.5. The number of aromatic amines is 1. The zero-order valence-electron chi connectivity index (χ0n) is 11.6. The van der Waals surface area contributed by atoms with E-state index in [-0.39, 0.29) is 18.1 Å². The van der Waals surface area contributed by atoms with Gasteiger partial charge in [0.1, 0.15) is 0 Å². The van der Waals surface area contributed by atoms with Crippen LogP contribution in [0.5, 0.6) is 0 Å². The minimum Gasteiger partial charge on any atom is -0.378 e. The van der Waals surface area contributed by atoms with Gasteiger partial charge in [-0.25, -0.2) is 0 Å². The van der Waals surface area contributed by atoms with Crippen molar-refractivity contribution in [3.63, 3.8) is 0 Å². The van der Waals surface area contributed by atoms with Gasteiger partial charge >= 0.3 is 0 Å². The molecule has 1 aromatic rings. The predicted octanol–water partition coefficient (Wildman–Crippen LogP) is 0.692.